The smallest absolute Gasteiger partial charge is 0.0791 e. The monoisotopic (exact) mass is 253 g/mol. The summed E-state index contributed by atoms with van der Waals surface area (Å²) in [7, 11) is 0. The number of aryl methyl sites for hydroxylation is 1. The molecule has 0 saturated heterocycles. The standard InChI is InChI=1S/C9H12OS.C3H3NS/c10-7-3-5-8-4-1-2-6-9(8)11;1-2-5-3-4-1/h1-2,4,6,10-11H,3,5,7H2;1-3H. The van der Waals surface area contributed by atoms with Crippen molar-refractivity contribution >= 4 is 24.0 Å². The third kappa shape index (κ3) is 5.30. The summed E-state index contributed by atoms with van der Waals surface area (Å²) >= 11 is 5.89. The molecule has 0 fully saturated rings. The van der Waals surface area contributed by atoms with Crippen molar-refractivity contribution in [3.63, 3.8) is 0 Å². The van der Waals surface area contributed by atoms with Crippen molar-refractivity contribution in [1.82, 2.24) is 4.98 Å². The third-order valence-electron chi connectivity index (χ3n) is 1.94. The van der Waals surface area contributed by atoms with E-state index < -0.39 is 0 Å². The van der Waals surface area contributed by atoms with Crippen molar-refractivity contribution in [3.05, 3.63) is 46.9 Å². The summed E-state index contributed by atoms with van der Waals surface area (Å²) in [5.41, 5.74) is 3.00. The summed E-state index contributed by atoms with van der Waals surface area (Å²) in [6.07, 6.45) is 3.50. The van der Waals surface area contributed by atoms with E-state index in [1.165, 1.54) is 5.56 Å². The molecule has 0 aliphatic carbocycles. The van der Waals surface area contributed by atoms with Crippen LogP contribution >= 0.6 is 24.0 Å². The summed E-state index contributed by atoms with van der Waals surface area (Å²) in [6.45, 7) is 0.252. The van der Waals surface area contributed by atoms with Crippen LogP contribution in [0.4, 0.5) is 0 Å². The fraction of sp³-hybridized carbons (Fsp3) is 0.250. The molecule has 0 aliphatic heterocycles. The van der Waals surface area contributed by atoms with Crippen molar-refractivity contribution < 1.29 is 5.11 Å². The number of thiol groups is 1. The first-order valence-electron chi connectivity index (χ1n) is 5.04. The molecule has 1 aromatic carbocycles. The first-order valence-corrected chi connectivity index (χ1v) is 6.43. The predicted molar refractivity (Wildman–Crippen MR) is 71.2 cm³/mol. The van der Waals surface area contributed by atoms with Gasteiger partial charge >= 0.3 is 0 Å². The SMILES string of the molecule is OCCCc1ccccc1S.c1cscn1. The lowest BCUT2D eigenvalue weighted by molar-refractivity contribution is 0.288. The topological polar surface area (TPSA) is 33.1 Å². The lowest BCUT2D eigenvalue weighted by Gasteiger charge is -2.01. The molecule has 16 heavy (non-hydrogen) atoms. The molecule has 86 valence electrons. The number of nitrogens with zero attached hydrogens (tertiary/aromatic N) is 1. The summed E-state index contributed by atoms with van der Waals surface area (Å²) < 4.78 is 0. The van der Waals surface area contributed by atoms with Crippen LogP contribution in [0.2, 0.25) is 0 Å². The number of hydrogen-bond donors (Lipinski definition) is 2. The minimum absolute atomic E-state index is 0.252. The Morgan fingerprint density at radius 2 is 2.12 bits per heavy atom. The van der Waals surface area contributed by atoms with Gasteiger partial charge in [-0.1, -0.05) is 18.2 Å². The van der Waals surface area contributed by atoms with Crippen LogP contribution < -0.4 is 0 Å². The van der Waals surface area contributed by atoms with Gasteiger partial charge in [0.25, 0.3) is 0 Å². The minimum atomic E-state index is 0.252. The van der Waals surface area contributed by atoms with Gasteiger partial charge in [0, 0.05) is 23.1 Å². The molecule has 4 heteroatoms. The zero-order valence-corrected chi connectivity index (χ0v) is 10.6. The molecule has 2 aromatic rings. The van der Waals surface area contributed by atoms with Crippen molar-refractivity contribution in [2.45, 2.75) is 17.7 Å². The van der Waals surface area contributed by atoms with Gasteiger partial charge in [0.1, 0.15) is 0 Å². The van der Waals surface area contributed by atoms with Crippen LogP contribution in [0.25, 0.3) is 0 Å². The van der Waals surface area contributed by atoms with Crippen LogP contribution in [0.5, 0.6) is 0 Å². The third-order valence-corrected chi connectivity index (χ3v) is 2.90. The molecule has 2 nitrogen and oxygen atoms in total. The Balaban J connectivity index is 0.000000212. The minimum Gasteiger partial charge on any atom is -0.396 e. The second-order valence-electron chi connectivity index (χ2n) is 3.13. The maximum atomic E-state index is 8.59. The highest BCUT2D eigenvalue weighted by Gasteiger charge is 1.95. The quantitative estimate of drug-likeness (QED) is 0.824. The molecule has 0 radical (unpaired) electrons. The van der Waals surface area contributed by atoms with Crippen molar-refractivity contribution in [3.8, 4) is 0 Å². The highest BCUT2D eigenvalue weighted by Crippen LogP contribution is 2.14. The van der Waals surface area contributed by atoms with Crippen LogP contribution in [0.1, 0.15) is 12.0 Å². The lowest BCUT2D eigenvalue weighted by Crippen LogP contribution is -1.89. The lowest BCUT2D eigenvalue weighted by atomic mass is 10.1. The largest absolute Gasteiger partial charge is 0.396 e. The van der Waals surface area contributed by atoms with Gasteiger partial charge < -0.3 is 5.11 Å². The Morgan fingerprint density at radius 1 is 1.31 bits per heavy atom. The van der Waals surface area contributed by atoms with E-state index in [1.807, 2.05) is 29.6 Å². The predicted octanol–water partition coefficient (Wildman–Crippen LogP) is 3.04. The van der Waals surface area contributed by atoms with Crippen LogP contribution in [0, 0.1) is 0 Å². The van der Waals surface area contributed by atoms with Gasteiger partial charge in [-0.2, -0.15) is 0 Å². The van der Waals surface area contributed by atoms with Gasteiger partial charge in [-0.05, 0) is 24.5 Å². The molecule has 0 bridgehead atoms. The zero-order chi connectivity index (χ0) is 11.6. The molecule has 0 amide bonds. The van der Waals surface area contributed by atoms with E-state index in [9.17, 15) is 0 Å². The van der Waals surface area contributed by atoms with Gasteiger partial charge in [-0.25, -0.2) is 0 Å². The molecule has 0 spiro atoms. The highest BCUT2D eigenvalue weighted by molar-refractivity contribution is 7.80. The molecule has 0 aliphatic rings. The fourth-order valence-electron chi connectivity index (χ4n) is 1.17. The average molecular weight is 253 g/mol. The van der Waals surface area contributed by atoms with Gasteiger partial charge in [-0.3, -0.25) is 4.98 Å². The Labute approximate surface area is 105 Å². The van der Waals surface area contributed by atoms with Crippen LogP contribution in [-0.4, -0.2) is 16.7 Å². The number of rotatable bonds is 3. The number of aliphatic hydroxyl groups is 1. The van der Waals surface area contributed by atoms with Gasteiger partial charge in [0.05, 0.1) is 5.51 Å². The van der Waals surface area contributed by atoms with E-state index in [0.29, 0.717) is 0 Å². The van der Waals surface area contributed by atoms with Crippen LogP contribution in [0.15, 0.2) is 46.2 Å². The molecule has 0 saturated carbocycles. The fourth-order valence-corrected chi connectivity index (χ4v) is 1.79. The number of hydrogen-bond acceptors (Lipinski definition) is 4. The summed E-state index contributed by atoms with van der Waals surface area (Å²) in [5.74, 6) is 0. The number of benzene rings is 1. The van der Waals surface area contributed by atoms with E-state index >= 15 is 0 Å². The van der Waals surface area contributed by atoms with Gasteiger partial charge in [0.15, 0.2) is 0 Å². The van der Waals surface area contributed by atoms with Crippen LogP contribution in [0.3, 0.4) is 0 Å². The first kappa shape index (κ1) is 13.2. The number of thiazole rings is 1. The molecule has 2 rings (SSSR count). The summed E-state index contributed by atoms with van der Waals surface area (Å²) in [4.78, 5) is 4.76. The Hall–Kier alpha value is -0.840. The van der Waals surface area contributed by atoms with E-state index in [0.717, 1.165) is 17.7 Å². The summed E-state index contributed by atoms with van der Waals surface area (Å²) in [5, 5.41) is 10.5. The number of aromatic nitrogens is 1. The first-order chi connectivity index (χ1) is 7.84. The van der Waals surface area contributed by atoms with Gasteiger partial charge in [0.2, 0.25) is 0 Å². The molecule has 1 N–H and O–H groups in total. The second-order valence-corrected chi connectivity index (χ2v) is 4.37. The van der Waals surface area contributed by atoms with Gasteiger partial charge in [-0.15, -0.1) is 24.0 Å². The van der Waals surface area contributed by atoms with E-state index in [-0.39, 0.29) is 6.61 Å². The van der Waals surface area contributed by atoms with Crippen molar-refractivity contribution in [2.24, 2.45) is 0 Å². The van der Waals surface area contributed by atoms with E-state index in [4.69, 9.17) is 5.11 Å². The molecule has 1 heterocycles. The Morgan fingerprint density at radius 3 is 2.62 bits per heavy atom. The normalized spacial score (nSPS) is 9.38. The maximum Gasteiger partial charge on any atom is 0.0791 e. The Bertz CT molecular complexity index is 359. The zero-order valence-electron chi connectivity index (χ0n) is 8.91. The Kier molecular flexibility index (Phi) is 6.88. The second kappa shape index (κ2) is 8.33. The highest BCUT2D eigenvalue weighted by atomic mass is 32.1. The summed E-state index contributed by atoms with van der Waals surface area (Å²) in [6, 6.07) is 7.96. The van der Waals surface area contributed by atoms with Crippen molar-refractivity contribution in [2.75, 3.05) is 6.61 Å². The van der Waals surface area contributed by atoms with E-state index in [2.05, 4.69) is 17.6 Å². The number of aliphatic hydroxyl groups excluding tert-OH is 1. The molecule has 0 atom stereocenters. The molecular weight excluding hydrogens is 238 g/mol. The van der Waals surface area contributed by atoms with E-state index in [1.54, 1.807) is 23.0 Å². The maximum absolute atomic E-state index is 8.59. The molecule has 1 aromatic heterocycles. The van der Waals surface area contributed by atoms with Crippen LogP contribution in [-0.2, 0) is 6.42 Å². The van der Waals surface area contributed by atoms with Crippen molar-refractivity contribution in [1.29, 1.82) is 0 Å². The average Bonchev–Trinajstić information content (AvgIpc) is 2.87. The molecular formula is C12H15NOS2. The molecule has 0 unspecified atom stereocenters.